The van der Waals surface area contributed by atoms with Gasteiger partial charge in [-0.05, 0) is 43.7 Å². The van der Waals surface area contributed by atoms with E-state index in [0.29, 0.717) is 16.4 Å². The lowest BCUT2D eigenvalue weighted by Gasteiger charge is -2.10. The number of carbonyl (C=O) groups excluding carboxylic acids is 1. The summed E-state index contributed by atoms with van der Waals surface area (Å²) in [7, 11) is 0. The molecule has 3 aromatic rings. The molecule has 0 aliphatic heterocycles. The summed E-state index contributed by atoms with van der Waals surface area (Å²) >= 11 is 6.08. The van der Waals surface area contributed by atoms with Gasteiger partial charge in [0.25, 0.3) is 0 Å². The minimum absolute atomic E-state index is 0.0671. The number of halogens is 1. The van der Waals surface area contributed by atoms with Crippen LogP contribution in [0.25, 0.3) is 22.5 Å². The zero-order chi connectivity index (χ0) is 16.6. The van der Waals surface area contributed by atoms with Gasteiger partial charge in [-0.25, -0.2) is 0 Å². The maximum atomic E-state index is 12.7. The molecule has 2 aromatic heterocycles. The van der Waals surface area contributed by atoms with Crippen molar-refractivity contribution in [2.75, 3.05) is 6.61 Å². The van der Waals surface area contributed by atoms with E-state index >= 15 is 0 Å². The SMILES string of the molecule is CC(=O)COc1c(-c2ccco2)oc2cc(C)c(Cl)cc2c1=O. The number of benzene rings is 1. The van der Waals surface area contributed by atoms with E-state index in [0.717, 1.165) is 5.56 Å². The van der Waals surface area contributed by atoms with Gasteiger partial charge in [-0.3, -0.25) is 9.59 Å². The average molecular weight is 333 g/mol. The summed E-state index contributed by atoms with van der Waals surface area (Å²) < 4.78 is 16.5. The Kier molecular flexibility index (Phi) is 3.96. The number of ether oxygens (including phenoxy) is 1. The van der Waals surface area contributed by atoms with Crippen LogP contribution in [0, 0.1) is 6.92 Å². The van der Waals surface area contributed by atoms with Crippen LogP contribution >= 0.6 is 11.6 Å². The van der Waals surface area contributed by atoms with Crippen molar-refractivity contribution in [2.45, 2.75) is 13.8 Å². The van der Waals surface area contributed by atoms with Crippen LogP contribution in [0.4, 0.5) is 0 Å². The Morgan fingerprint density at radius 2 is 2.13 bits per heavy atom. The quantitative estimate of drug-likeness (QED) is 0.722. The minimum Gasteiger partial charge on any atom is -0.478 e. The van der Waals surface area contributed by atoms with E-state index in [1.54, 1.807) is 18.2 Å². The zero-order valence-electron chi connectivity index (χ0n) is 12.5. The lowest BCUT2D eigenvalue weighted by molar-refractivity contribution is -0.118. The normalized spacial score (nSPS) is 10.9. The molecular weight excluding hydrogens is 320 g/mol. The lowest BCUT2D eigenvalue weighted by Crippen LogP contribution is -2.14. The van der Waals surface area contributed by atoms with E-state index in [1.165, 1.54) is 19.3 Å². The molecule has 23 heavy (non-hydrogen) atoms. The van der Waals surface area contributed by atoms with Crippen LogP contribution in [0.5, 0.6) is 5.75 Å². The zero-order valence-corrected chi connectivity index (χ0v) is 13.3. The molecule has 0 atom stereocenters. The van der Waals surface area contributed by atoms with Gasteiger partial charge in [0.2, 0.25) is 16.9 Å². The number of rotatable bonds is 4. The van der Waals surface area contributed by atoms with Gasteiger partial charge < -0.3 is 13.6 Å². The molecule has 6 heteroatoms. The third-order valence-electron chi connectivity index (χ3n) is 3.29. The van der Waals surface area contributed by atoms with Crippen molar-refractivity contribution in [2.24, 2.45) is 0 Å². The van der Waals surface area contributed by atoms with Crippen molar-refractivity contribution in [3.63, 3.8) is 0 Å². The fourth-order valence-electron chi connectivity index (χ4n) is 2.17. The van der Waals surface area contributed by atoms with Gasteiger partial charge in [0.1, 0.15) is 12.2 Å². The predicted octanol–water partition coefficient (Wildman–Crippen LogP) is 3.98. The molecule has 0 N–H and O–H groups in total. The molecule has 0 bridgehead atoms. The first-order valence-electron chi connectivity index (χ1n) is 6.90. The first-order valence-corrected chi connectivity index (χ1v) is 7.28. The first-order chi connectivity index (χ1) is 11.0. The molecule has 0 fully saturated rings. The van der Waals surface area contributed by atoms with Crippen LogP contribution in [0.15, 0.2) is 44.2 Å². The number of hydrogen-bond acceptors (Lipinski definition) is 5. The summed E-state index contributed by atoms with van der Waals surface area (Å²) in [4.78, 5) is 23.9. The van der Waals surface area contributed by atoms with Crippen LogP contribution in [0.2, 0.25) is 5.02 Å². The molecule has 2 heterocycles. The summed E-state index contributed by atoms with van der Waals surface area (Å²) in [6, 6.07) is 6.53. The summed E-state index contributed by atoms with van der Waals surface area (Å²) in [6.07, 6.45) is 1.46. The summed E-state index contributed by atoms with van der Waals surface area (Å²) in [5, 5.41) is 0.738. The Hall–Kier alpha value is -2.53. The Morgan fingerprint density at radius 1 is 1.35 bits per heavy atom. The molecule has 0 amide bonds. The Labute approximate surface area is 136 Å². The Morgan fingerprint density at radius 3 is 2.78 bits per heavy atom. The molecule has 0 radical (unpaired) electrons. The standard InChI is InChI=1S/C17H13ClO5/c1-9-6-14-11(7-12(9)18)15(20)17(22-8-10(2)19)16(23-14)13-4-3-5-21-13/h3-7H,8H2,1-2H3. The highest BCUT2D eigenvalue weighted by Crippen LogP contribution is 2.32. The van der Waals surface area contributed by atoms with Crippen LogP contribution in [-0.4, -0.2) is 12.4 Å². The molecule has 0 aliphatic carbocycles. The lowest BCUT2D eigenvalue weighted by atomic mass is 10.1. The molecular formula is C17H13ClO5. The number of ketones is 1. The molecule has 118 valence electrons. The molecule has 0 saturated heterocycles. The van der Waals surface area contributed by atoms with Crippen molar-refractivity contribution >= 4 is 28.4 Å². The van der Waals surface area contributed by atoms with Gasteiger partial charge in [0, 0.05) is 5.02 Å². The molecule has 0 aliphatic rings. The molecule has 0 spiro atoms. The molecule has 0 saturated carbocycles. The number of Topliss-reactive ketones (excluding diaryl/α,β-unsaturated/α-hetero) is 1. The summed E-state index contributed by atoms with van der Waals surface area (Å²) in [5.41, 5.74) is 0.754. The van der Waals surface area contributed by atoms with Gasteiger partial charge in [-0.15, -0.1) is 0 Å². The molecule has 1 aromatic carbocycles. The maximum absolute atomic E-state index is 12.7. The second-order valence-corrected chi connectivity index (χ2v) is 5.56. The van der Waals surface area contributed by atoms with Crippen molar-refractivity contribution in [3.05, 3.63) is 51.3 Å². The average Bonchev–Trinajstić information content (AvgIpc) is 3.02. The second kappa shape index (κ2) is 5.93. The number of aryl methyl sites for hydroxylation is 1. The third-order valence-corrected chi connectivity index (χ3v) is 3.70. The van der Waals surface area contributed by atoms with Gasteiger partial charge in [0.05, 0.1) is 11.6 Å². The molecule has 0 unspecified atom stereocenters. The van der Waals surface area contributed by atoms with Gasteiger partial charge in [-0.2, -0.15) is 0 Å². The predicted molar refractivity (Wildman–Crippen MR) is 86.1 cm³/mol. The highest BCUT2D eigenvalue weighted by molar-refractivity contribution is 6.32. The van der Waals surface area contributed by atoms with E-state index in [-0.39, 0.29) is 29.3 Å². The second-order valence-electron chi connectivity index (χ2n) is 5.15. The fraction of sp³-hybridized carbons (Fsp3) is 0.176. The molecule has 5 nitrogen and oxygen atoms in total. The topological polar surface area (TPSA) is 69.7 Å². The highest BCUT2D eigenvalue weighted by atomic mass is 35.5. The number of carbonyl (C=O) groups is 1. The van der Waals surface area contributed by atoms with Crippen molar-refractivity contribution in [1.29, 1.82) is 0 Å². The number of hydrogen-bond donors (Lipinski definition) is 0. The van der Waals surface area contributed by atoms with E-state index in [4.69, 9.17) is 25.2 Å². The Bertz CT molecular complexity index is 938. The molecule has 3 rings (SSSR count). The monoisotopic (exact) mass is 332 g/mol. The van der Waals surface area contributed by atoms with E-state index < -0.39 is 5.43 Å². The van der Waals surface area contributed by atoms with Crippen LogP contribution in [-0.2, 0) is 4.79 Å². The summed E-state index contributed by atoms with van der Waals surface area (Å²) in [5.74, 6) is 0.213. The van der Waals surface area contributed by atoms with Crippen molar-refractivity contribution < 1.29 is 18.4 Å². The van der Waals surface area contributed by atoms with E-state index in [2.05, 4.69) is 0 Å². The largest absolute Gasteiger partial charge is 0.478 e. The number of furan rings is 1. The highest BCUT2D eigenvalue weighted by Gasteiger charge is 2.20. The smallest absolute Gasteiger partial charge is 0.235 e. The fourth-order valence-corrected chi connectivity index (χ4v) is 2.34. The third kappa shape index (κ3) is 2.87. The summed E-state index contributed by atoms with van der Waals surface area (Å²) in [6.45, 7) is 2.95. The van der Waals surface area contributed by atoms with Crippen molar-refractivity contribution in [3.8, 4) is 17.3 Å². The van der Waals surface area contributed by atoms with Crippen LogP contribution < -0.4 is 10.2 Å². The first kappa shape index (κ1) is 15.4. The number of fused-ring (bicyclic) bond motifs is 1. The van der Waals surface area contributed by atoms with Crippen molar-refractivity contribution in [1.82, 2.24) is 0 Å². The van der Waals surface area contributed by atoms with Gasteiger partial charge in [0.15, 0.2) is 11.5 Å². The van der Waals surface area contributed by atoms with Gasteiger partial charge >= 0.3 is 0 Å². The van der Waals surface area contributed by atoms with Crippen LogP contribution in [0.1, 0.15) is 12.5 Å². The van der Waals surface area contributed by atoms with E-state index in [9.17, 15) is 9.59 Å². The van der Waals surface area contributed by atoms with Crippen LogP contribution in [0.3, 0.4) is 0 Å². The Balaban J connectivity index is 2.30. The van der Waals surface area contributed by atoms with E-state index in [1.807, 2.05) is 6.92 Å². The minimum atomic E-state index is -0.402. The van der Waals surface area contributed by atoms with Gasteiger partial charge in [-0.1, -0.05) is 11.6 Å². The maximum Gasteiger partial charge on any atom is 0.235 e.